The number of ether oxygens (including phenoxy) is 1. The van der Waals surface area contributed by atoms with Crippen molar-refractivity contribution in [2.45, 2.75) is 27.0 Å². The van der Waals surface area contributed by atoms with Gasteiger partial charge in [-0.25, -0.2) is 4.39 Å². The molecule has 5 nitrogen and oxygen atoms in total. The molecule has 0 spiro atoms. The van der Waals surface area contributed by atoms with E-state index in [0.717, 1.165) is 0 Å². The van der Waals surface area contributed by atoms with Gasteiger partial charge in [-0.2, -0.15) is 5.10 Å². The van der Waals surface area contributed by atoms with Crippen molar-refractivity contribution in [3.05, 3.63) is 46.0 Å². The Hall–Kier alpha value is -2.08. The van der Waals surface area contributed by atoms with Crippen LogP contribution in [-0.4, -0.2) is 15.7 Å². The Labute approximate surface area is 126 Å². The molecule has 2 N–H and O–H groups in total. The number of nitrogens with zero attached hydrogens (tertiary/aromatic N) is 2. The van der Waals surface area contributed by atoms with Gasteiger partial charge in [-0.15, -0.1) is 0 Å². The number of halogens is 2. The molecule has 0 bridgehead atoms. The van der Waals surface area contributed by atoms with Crippen LogP contribution >= 0.6 is 11.6 Å². The lowest BCUT2D eigenvalue weighted by molar-refractivity contribution is -0.145. The summed E-state index contributed by atoms with van der Waals surface area (Å²) in [5.74, 6) is -0.967. The Morgan fingerprint density at radius 2 is 2.19 bits per heavy atom. The average Bonchev–Trinajstić information content (AvgIpc) is 2.68. The molecular weight excluding hydrogens is 297 g/mol. The van der Waals surface area contributed by atoms with Crippen molar-refractivity contribution in [2.75, 3.05) is 5.73 Å². The molecule has 1 aromatic carbocycles. The van der Waals surface area contributed by atoms with Gasteiger partial charge < -0.3 is 10.5 Å². The second kappa shape index (κ2) is 6.13. The summed E-state index contributed by atoms with van der Waals surface area (Å²) in [4.78, 5) is 11.8. The van der Waals surface area contributed by atoms with Gasteiger partial charge in [0.05, 0.1) is 22.1 Å². The average molecular weight is 312 g/mol. The highest BCUT2D eigenvalue weighted by molar-refractivity contribution is 6.30. The first kappa shape index (κ1) is 15.3. The highest BCUT2D eigenvalue weighted by atomic mass is 35.5. The van der Waals surface area contributed by atoms with Gasteiger partial charge in [0.1, 0.15) is 19.0 Å². The molecule has 2 aromatic rings. The second-order valence-corrected chi connectivity index (χ2v) is 5.06. The van der Waals surface area contributed by atoms with Gasteiger partial charge in [0.15, 0.2) is 0 Å². The smallest absolute Gasteiger partial charge is 0.328 e. The van der Waals surface area contributed by atoms with Crippen LogP contribution < -0.4 is 5.73 Å². The zero-order valence-electron chi connectivity index (χ0n) is 11.7. The quantitative estimate of drug-likeness (QED) is 0.881. The maximum atomic E-state index is 13.0. The number of rotatable bonds is 4. The number of anilines is 1. The topological polar surface area (TPSA) is 70.1 Å². The molecule has 0 saturated heterocycles. The monoisotopic (exact) mass is 311 g/mol. The Balaban J connectivity index is 1.95. The number of esters is 1. The van der Waals surface area contributed by atoms with Crippen molar-refractivity contribution in [3.63, 3.8) is 0 Å². The summed E-state index contributed by atoms with van der Waals surface area (Å²) in [6, 6.07) is 4.16. The summed E-state index contributed by atoms with van der Waals surface area (Å²) < 4.78 is 19.6. The van der Waals surface area contributed by atoms with E-state index in [1.165, 1.54) is 22.9 Å². The predicted molar refractivity (Wildman–Crippen MR) is 77.3 cm³/mol. The van der Waals surface area contributed by atoms with Gasteiger partial charge in [0.2, 0.25) is 0 Å². The molecule has 0 fully saturated rings. The highest BCUT2D eigenvalue weighted by Crippen LogP contribution is 2.17. The molecular formula is C14H15ClFN3O2. The van der Waals surface area contributed by atoms with Gasteiger partial charge in [0.25, 0.3) is 0 Å². The molecule has 1 aromatic heterocycles. The lowest BCUT2D eigenvalue weighted by atomic mass is 10.2. The summed E-state index contributed by atoms with van der Waals surface area (Å²) in [5, 5.41) is 4.15. The number of benzene rings is 1. The number of carbonyl (C=O) groups excluding carboxylic acids is 1. The van der Waals surface area contributed by atoms with Crippen LogP contribution in [0.1, 0.15) is 17.0 Å². The summed E-state index contributed by atoms with van der Waals surface area (Å²) >= 11 is 5.66. The molecule has 0 saturated carbocycles. The largest absolute Gasteiger partial charge is 0.459 e. The van der Waals surface area contributed by atoms with Crippen LogP contribution in [0.5, 0.6) is 0 Å². The third-order valence-corrected chi connectivity index (χ3v) is 3.39. The Kier molecular flexibility index (Phi) is 4.47. The van der Waals surface area contributed by atoms with Crippen molar-refractivity contribution in [3.8, 4) is 0 Å². The maximum Gasteiger partial charge on any atom is 0.328 e. The molecule has 0 atom stereocenters. The Morgan fingerprint density at radius 3 is 2.76 bits per heavy atom. The molecule has 0 unspecified atom stereocenters. The van der Waals surface area contributed by atoms with Crippen molar-refractivity contribution in [2.24, 2.45) is 0 Å². The van der Waals surface area contributed by atoms with Crippen molar-refractivity contribution >= 4 is 23.3 Å². The van der Waals surface area contributed by atoms with Crippen LogP contribution in [0.2, 0.25) is 5.02 Å². The molecule has 7 heteroatoms. The third-order valence-electron chi connectivity index (χ3n) is 3.10. The fraction of sp³-hybridized carbons (Fsp3) is 0.286. The van der Waals surface area contributed by atoms with Crippen molar-refractivity contribution < 1.29 is 13.9 Å². The van der Waals surface area contributed by atoms with Crippen molar-refractivity contribution in [1.82, 2.24) is 9.78 Å². The maximum absolute atomic E-state index is 13.0. The van der Waals surface area contributed by atoms with Crippen molar-refractivity contribution in [1.29, 1.82) is 0 Å². The lowest BCUT2D eigenvalue weighted by Gasteiger charge is -2.07. The minimum absolute atomic E-state index is 0.00475. The molecule has 1 heterocycles. The van der Waals surface area contributed by atoms with Crippen LogP contribution in [0.4, 0.5) is 10.1 Å². The zero-order chi connectivity index (χ0) is 15.6. The van der Waals surface area contributed by atoms with Crippen LogP contribution in [0, 0.1) is 19.7 Å². The lowest BCUT2D eigenvalue weighted by Crippen LogP contribution is -2.15. The first-order chi connectivity index (χ1) is 9.88. The Bertz CT molecular complexity index is 685. The number of nitrogens with two attached hydrogens (primary N) is 1. The number of hydrogen-bond acceptors (Lipinski definition) is 4. The highest BCUT2D eigenvalue weighted by Gasteiger charge is 2.12. The number of aromatic nitrogens is 2. The van der Waals surface area contributed by atoms with E-state index in [1.807, 2.05) is 0 Å². The van der Waals surface area contributed by atoms with E-state index < -0.39 is 11.8 Å². The van der Waals surface area contributed by atoms with Crippen LogP contribution in [0.25, 0.3) is 0 Å². The SMILES string of the molecule is Cc1nn(CC(=O)OCc2ccc(F)c(Cl)c2)c(C)c1N. The third kappa shape index (κ3) is 3.52. The molecule has 0 aliphatic heterocycles. The summed E-state index contributed by atoms with van der Waals surface area (Å²) in [5.41, 5.74) is 8.35. The number of nitrogen functional groups attached to an aromatic ring is 1. The zero-order valence-corrected chi connectivity index (χ0v) is 12.4. The van der Waals surface area contributed by atoms with E-state index in [9.17, 15) is 9.18 Å². The van der Waals surface area contributed by atoms with Gasteiger partial charge in [-0.05, 0) is 31.5 Å². The van der Waals surface area contributed by atoms with Crippen LogP contribution in [-0.2, 0) is 22.7 Å². The molecule has 2 rings (SSSR count). The van der Waals surface area contributed by atoms with E-state index >= 15 is 0 Å². The standard InChI is InChI=1S/C14H15ClFN3O2/c1-8-14(17)9(2)19(18-8)6-13(20)21-7-10-3-4-12(16)11(15)5-10/h3-5H,6-7,17H2,1-2H3. The first-order valence-corrected chi connectivity index (χ1v) is 6.65. The summed E-state index contributed by atoms with van der Waals surface area (Å²) in [6.07, 6.45) is 0. The van der Waals surface area contributed by atoms with Crippen LogP contribution in [0.15, 0.2) is 18.2 Å². The first-order valence-electron chi connectivity index (χ1n) is 6.27. The normalized spacial score (nSPS) is 10.7. The van der Waals surface area contributed by atoms with E-state index in [2.05, 4.69) is 5.10 Å². The molecule has 0 aliphatic rings. The molecule has 0 amide bonds. The van der Waals surface area contributed by atoms with Crippen LogP contribution in [0.3, 0.4) is 0 Å². The van der Waals surface area contributed by atoms with E-state index in [1.54, 1.807) is 13.8 Å². The number of aryl methyl sites for hydroxylation is 1. The second-order valence-electron chi connectivity index (χ2n) is 4.65. The van der Waals surface area contributed by atoms with Gasteiger partial charge >= 0.3 is 5.97 Å². The predicted octanol–water partition coefficient (Wildman–Crippen LogP) is 2.62. The molecule has 21 heavy (non-hydrogen) atoms. The number of hydrogen-bond donors (Lipinski definition) is 1. The molecule has 0 aliphatic carbocycles. The Morgan fingerprint density at radius 1 is 1.48 bits per heavy atom. The minimum atomic E-state index is -0.509. The summed E-state index contributed by atoms with van der Waals surface area (Å²) in [6.45, 7) is 3.54. The van der Waals surface area contributed by atoms with E-state index in [-0.39, 0.29) is 18.2 Å². The fourth-order valence-electron chi connectivity index (χ4n) is 1.83. The molecule has 112 valence electrons. The van der Waals surface area contributed by atoms with E-state index in [4.69, 9.17) is 22.1 Å². The van der Waals surface area contributed by atoms with Gasteiger partial charge in [-0.3, -0.25) is 9.48 Å². The van der Waals surface area contributed by atoms with Gasteiger partial charge in [-0.1, -0.05) is 17.7 Å². The minimum Gasteiger partial charge on any atom is -0.459 e. The van der Waals surface area contributed by atoms with Gasteiger partial charge in [0, 0.05) is 0 Å². The molecule has 0 radical (unpaired) electrons. The number of carbonyl (C=O) groups is 1. The fourth-order valence-corrected chi connectivity index (χ4v) is 2.03. The van der Waals surface area contributed by atoms with E-state index in [0.29, 0.717) is 22.6 Å². The summed E-state index contributed by atoms with van der Waals surface area (Å²) in [7, 11) is 0.